The molecule has 3 nitrogen and oxygen atoms in total. The predicted octanol–water partition coefficient (Wildman–Crippen LogP) is 3.90. The van der Waals surface area contributed by atoms with Gasteiger partial charge in [-0.25, -0.2) is 0 Å². The lowest BCUT2D eigenvalue weighted by molar-refractivity contribution is 0.0958. The number of methoxy groups -OCH3 is 1. The van der Waals surface area contributed by atoms with Crippen LogP contribution in [-0.2, 0) is 5.75 Å². The fraction of sp³-hybridized carbons (Fsp3) is 0.167. The van der Waals surface area contributed by atoms with Crippen LogP contribution in [0.5, 0.6) is 5.75 Å². The number of hydrogen-bond acceptors (Lipinski definition) is 3. The van der Waals surface area contributed by atoms with Crippen molar-refractivity contribution in [2.24, 2.45) is 0 Å². The first-order chi connectivity index (χ1) is 10.7. The summed E-state index contributed by atoms with van der Waals surface area (Å²) in [5.74, 6) is 1.44. The van der Waals surface area contributed by atoms with Crippen LogP contribution in [0.4, 0.5) is 0 Å². The smallest absolute Gasteiger partial charge is 0.251 e. The van der Waals surface area contributed by atoms with Gasteiger partial charge in [0.1, 0.15) is 5.75 Å². The highest BCUT2D eigenvalue weighted by molar-refractivity contribution is 7.98. The van der Waals surface area contributed by atoms with Crippen molar-refractivity contribution in [2.75, 3.05) is 13.7 Å². The quantitative estimate of drug-likeness (QED) is 0.622. The first kappa shape index (κ1) is 16.2. The van der Waals surface area contributed by atoms with Gasteiger partial charge in [0.25, 0.3) is 5.91 Å². The van der Waals surface area contributed by atoms with Crippen molar-refractivity contribution in [2.45, 2.75) is 10.6 Å². The fourth-order valence-electron chi connectivity index (χ4n) is 1.98. The average molecular weight is 313 g/mol. The van der Waals surface area contributed by atoms with E-state index in [2.05, 4.69) is 24.0 Å². The molecule has 0 fully saturated rings. The molecule has 0 saturated heterocycles. The lowest BCUT2D eigenvalue weighted by Crippen LogP contribution is -2.23. The molecular weight excluding hydrogens is 294 g/mol. The van der Waals surface area contributed by atoms with Gasteiger partial charge < -0.3 is 10.1 Å². The summed E-state index contributed by atoms with van der Waals surface area (Å²) in [6, 6.07) is 15.6. The van der Waals surface area contributed by atoms with E-state index in [-0.39, 0.29) is 5.91 Å². The zero-order chi connectivity index (χ0) is 15.8. The van der Waals surface area contributed by atoms with Gasteiger partial charge in [0.15, 0.2) is 0 Å². The molecule has 0 aliphatic rings. The lowest BCUT2D eigenvalue weighted by atomic mass is 10.1. The van der Waals surface area contributed by atoms with Crippen LogP contribution in [0.2, 0.25) is 0 Å². The minimum Gasteiger partial charge on any atom is -0.496 e. The number of thioether (sulfide) groups is 1. The normalized spacial score (nSPS) is 10.0. The molecule has 0 bridgehead atoms. The van der Waals surface area contributed by atoms with Gasteiger partial charge in [0.2, 0.25) is 0 Å². The number of hydrogen-bond donors (Lipinski definition) is 1. The third-order valence-electron chi connectivity index (χ3n) is 3.09. The summed E-state index contributed by atoms with van der Waals surface area (Å²) in [5, 5.41) is 2.78. The van der Waals surface area contributed by atoms with Gasteiger partial charge in [-0.2, -0.15) is 0 Å². The molecule has 4 heteroatoms. The van der Waals surface area contributed by atoms with E-state index in [0.29, 0.717) is 12.1 Å². The second-order valence-electron chi connectivity index (χ2n) is 4.63. The Morgan fingerprint density at radius 1 is 1.27 bits per heavy atom. The summed E-state index contributed by atoms with van der Waals surface area (Å²) in [7, 11) is 1.64. The van der Waals surface area contributed by atoms with Crippen LogP contribution in [0.1, 0.15) is 15.9 Å². The Balaban J connectivity index is 2.13. The fourth-order valence-corrected chi connectivity index (χ4v) is 2.87. The van der Waals surface area contributed by atoms with Gasteiger partial charge in [-0.3, -0.25) is 4.79 Å². The number of carbonyl (C=O) groups is 1. The molecule has 2 rings (SSSR count). The second-order valence-corrected chi connectivity index (χ2v) is 5.68. The van der Waals surface area contributed by atoms with Gasteiger partial charge in [0.05, 0.1) is 7.11 Å². The average Bonchev–Trinajstić information content (AvgIpc) is 2.58. The van der Waals surface area contributed by atoms with E-state index < -0.39 is 0 Å². The summed E-state index contributed by atoms with van der Waals surface area (Å²) in [6.45, 7) is 4.05. The van der Waals surface area contributed by atoms with Crippen molar-refractivity contribution in [3.05, 3.63) is 72.3 Å². The van der Waals surface area contributed by atoms with Gasteiger partial charge in [-0.05, 0) is 30.3 Å². The Kier molecular flexibility index (Phi) is 6.10. The van der Waals surface area contributed by atoms with Crippen LogP contribution in [0.15, 0.2) is 66.1 Å². The number of ether oxygens (including phenoxy) is 1. The first-order valence-electron chi connectivity index (χ1n) is 6.98. The molecule has 114 valence electrons. The zero-order valence-corrected chi connectivity index (χ0v) is 13.4. The number of amides is 1. The van der Waals surface area contributed by atoms with Crippen molar-refractivity contribution in [3.8, 4) is 5.75 Å². The molecule has 0 atom stereocenters. The van der Waals surface area contributed by atoms with E-state index in [4.69, 9.17) is 4.74 Å². The highest BCUT2D eigenvalue weighted by Gasteiger charge is 2.10. The summed E-state index contributed by atoms with van der Waals surface area (Å²) >= 11 is 1.71. The monoisotopic (exact) mass is 313 g/mol. The Morgan fingerprint density at radius 3 is 2.73 bits per heavy atom. The number of benzene rings is 2. The van der Waals surface area contributed by atoms with Crippen molar-refractivity contribution in [1.29, 1.82) is 0 Å². The molecule has 0 spiro atoms. The molecule has 0 aliphatic carbocycles. The third-order valence-corrected chi connectivity index (χ3v) is 4.15. The molecule has 0 radical (unpaired) electrons. The van der Waals surface area contributed by atoms with Gasteiger partial charge in [-0.1, -0.05) is 24.3 Å². The Hall–Kier alpha value is -2.20. The molecule has 0 aromatic heterocycles. The summed E-state index contributed by atoms with van der Waals surface area (Å²) in [6.07, 6.45) is 1.66. The maximum absolute atomic E-state index is 12.0. The van der Waals surface area contributed by atoms with Gasteiger partial charge in [-0.15, -0.1) is 18.3 Å². The predicted molar refractivity (Wildman–Crippen MR) is 91.5 cm³/mol. The highest BCUT2D eigenvalue weighted by Crippen LogP contribution is 2.28. The molecule has 2 aromatic carbocycles. The van der Waals surface area contributed by atoms with Crippen LogP contribution in [0.25, 0.3) is 0 Å². The van der Waals surface area contributed by atoms with Gasteiger partial charge in [0, 0.05) is 28.3 Å². The largest absolute Gasteiger partial charge is 0.496 e. The van der Waals surface area contributed by atoms with Crippen LogP contribution in [0, 0.1) is 0 Å². The van der Waals surface area contributed by atoms with E-state index >= 15 is 0 Å². The highest BCUT2D eigenvalue weighted by atomic mass is 32.2. The lowest BCUT2D eigenvalue weighted by Gasteiger charge is -2.11. The van der Waals surface area contributed by atoms with Gasteiger partial charge >= 0.3 is 0 Å². The van der Waals surface area contributed by atoms with Crippen LogP contribution in [-0.4, -0.2) is 19.6 Å². The van der Waals surface area contributed by atoms with E-state index in [1.165, 1.54) is 4.90 Å². The minimum absolute atomic E-state index is 0.103. The summed E-state index contributed by atoms with van der Waals surface area (Å²) in [4.78, 5) is 13.2. The van der Waals surface area contributed by atoms with E-state index in [1.807, 2.05) is 30.3 Å². The van der Waals surface area contributed by atoms with Crippen molar-refractivity contribution < 1.29 is 9.53 Å². The number of nitrogens with one attached hydrogen (secondary N) is 1. The number of carbonyl (C=O) groups excluding carboxylic acids is 1. The molecule has 1 amide bonds. The van der Waals surface area contributed by atoms with Crippen LogP contribution < -0.4 is 10.1 Å². The topological polar surface area (TPSA) is 38.3 Å². The van der Waals surface area contributed by atoms with E-state index in [0.717, 1.165) is 17.1 Å². The minimum atomic E-state index is -0.103. The summed E-state index contributed by atoms with van der Waals surface area (Å²) < 4.78 is 5.39. The summed E-state index contributed by atoms with van der Waals surface area (Å²) in [5.41, 5.74) is 1.63. The molecular formula is C18H19NO2S. The molecule has 0 saturated carbocycles. The molecule has 0 unspecified atom stereocenters. The Labute approximate surface area is 135 Å². The van der Waals surface area contributed by atoms with Crippen molar-refractivity contribution in [1.82, 2.24) is 5.32 Å². The second kappa shape index (κ2) is 8.29. The molecule has 22 heavy (non-hydrogen) atoms. The SMILES string of the molecule is C=CCNC(=O)c1ccc(OC)c(CSc2ccccc2)c1. The number of rotatable bonds is 7. The molecule has 0 heterocycles. The van der Waals surface area contributed by atoms with Crippen LogP contribution in [0.3, 0.4) is 0 Å². The molecule has 1 N–H and O–H groups in total. The van der Waals surface area contributed by atoms with E-state index in [9.17, 15) is 4.79 Å². The van der Waals surface area contributed by atoms with E-state index in [1.54, 1.807) is 31.0 Å². The van der Waals surface area contributed by atoms with Crippen molar-refractivity contribution in [3.63, 3.8) is 0 Å². The standard InChI is InChI=1S/C18H19NO2S/c1-3-11-19-18(20)14-9-10-17(21-2)15(12-14)13-22-16-7-5-4-6-8-16/h3-10,12H,1,11,13H2,2H3,(H,19,20). The maximum Gasteiger partial charge on any atom is 0.251 e. The van der Waals surface area contributed by atoms with Crippen LogP contribution >= 0.6 is 11.8 Å². The van der Waals surface area contributed by atoms with Crippen molar-refractivity contribution >= 4 is 17.7 Å². The third kappa shape index (κ3) is 4.40. The Bertz CT molecular complexity index is 641. The molecule has 2 aromatic rings. The zero-order valence-electron chi connectivity index (χ0n) is 12.5. The molecule has 0 aliphatic heterocycles. The maximum atomic E-state index is 12.0. The first-order valence-corrected chi connectivity index (χ1v) is 7.97. The Morgan fingerprint density at radius 2 is 2.05 bits per heavy atom.